The molecule has 1 rings (SSSR count). The van der Waals surface area contributed by atoms with E-state index in [4.69, 9.17) is 15.6 Å². The standard InChI is InChI=1S/C13H10N4O2/c14-4-7-17(8-5-15)13(19)12-3-6-16-10-11(12)2-1-9-18/h3,6,10,18H,7-9H2. The lowest BCUT2D eigenvalue weighted by Crippen LogP contribution is -2.32. The Morgan fingerprint density at radius 2 is 2.05 bits per heavy atom. The Bertz CT molecular complexity index is 586. The predicted octanol–water partition coefficient (Wildman–Crippen LogP) is -0.0852. The van der Waals surface area contributed by atoms with Gasteiger partial charge in [-0.1, -0.05) is 11.8 Å². The zero-order valence-corrected chi connectivity index (χ0v) is 10.00. The number of aromatic nitrogens is 1. The van der Waals surface area contributed by atoms with E-state index in [9.17, 15) is 4.79 Å². The smallest absolute Gasteiger partial charge is 0.256 e. The lowest BCUT2D eigenvalue weighted by molar-refractivity contribution is 0.0794. The van der Waals surface area contributed by atoms with Gasteiger partial charge in [-0.25, -0.2) is 0 Å². The quantitative estimate of drug-likeness (QED) is 0.600. The van der Waals surface area contributed by atoms with Crippen molar-refractivity contribution in [1.82, 2.24) is 9.88 Å². The van der Waals surface area contributed by atoms with E-state index in [0.717, 1.165) is 4.90 Å². The molecule has 1 heterocycles. The van der Waals surface area contributed by atoms with Crippen LogP contribution in [0, 0.1) is 34.5 Å². The highest BCUT2D eigenvalue weighted by molar-refractivity contribution is 5.96. The molecule has 0 radical (unpaired) electrons. The summed E-state index contributed by atoms with van der Waals surface area (Å²) in [6, 6.07) is 5.12. The van der Waals surface area contributed by atoms with Crippen LogP contribution in [0.3, 0.4) is 0 Å². The van der Waals surface area contributed by atoms with Crippen molar-refractivity contribution >= 4 is 5.91 Å². The van der Waals surface area contributed by atoms with Crippen LogP contribution in [0.15, 0.2) is 18.5 Å². The topological polar surface area (TPSA) is 101 Å². The second kappa shape index (κ2) is 7.45. The Balaban J connectivity index is 3.11. The van der Waals surface area contributed by atoms with E-state index in [0.29, 0.717) is 5.56 Å². The molecule has 0 aliphatic rings. The van der Waals surface area contributed by atoms with Crippen LogP contribution in [0.1, 0.15) is 15.9 Å². The van der Waals surface area contributed by atoms with Crippen LogP contribution >= 0.6 is 0 Å². The summed E-state index contributed by atoms with van der Waals surface area (Å²) in [4.78, 5) is 17.1. The molecule has 1 aromatic heterocycles. The molecule has 0 bridgehead atoms. The molecule has 0 saturated heterocycles. The van der Waals surface area contributed by atoms with Gasteiger partial charge in [0, 0.05) is 12.4 Å². The second-order valence-corrected chi connectivity index (χ2v) is 3.36. The van der Waals surface area contributed by atoms with E-state index in [-0.39, 0.29) is 25.3 Å². The molecule has 0 unspecified atom stereocenters. The number of pyridine rings is 1. The van der Waals surface area contributed by atoms with Gasteiger partial charge in [0.05, 0.1) is 23.3 Å². The summed E-state index contributed by atoms with van der Waals surface area (Å²) in [5, 5.41) is 25.9. The zero-order valence-electron chi connectivity index (χ0n) is 10.00. The number of aliphatic hydroxyl groups is 1. The van der Waals surface area contributed by atoms with E-state index < -0.39 is 5.91 Å². The maximum Gasteiger partial charge on any atom is 0.256 e. The van der Waals surface area contributed by atoms with Gasteiger partial charge in [0.25, 0.3) is 5.91 Å². The highest BCUT2D eigenvalue weighted by atomic mass is 16.2. The van der Waals surface area contributed by atoms with Crippen LogP contribution in [0.2, 0.25) is 0 Å². The van der Waals surface area contributed by atoms with Gasteiger partial charge in [0.15, 0.2) is 0 Å². The highest BCUT2D eigenvalue weighted by Gasteiger charge is 2.17. The number of aliphatic hydroxyl groups excluding tert-OH is 1. The Hall–Kier alpha value is -2.88. The van der Waals surface area contributed by atoms with Crippen LogP contribution in [0.25, 0.3) is 0 Å². The minimum absolute atomic E-state index is 0.179. The number of hydrogen-bond acceptors (Lipinski definition) is 5. The van der Waals surface area contributed by atoms with Crippen molar-refractivity contribution < 1.29 is 9.90 Å². The largest absolute Gasteiger partial charge is 0.384 e. The van der Waals surface area contributed by atoms with Gasteiger partial charge in [0.1, 0.15) is 19.7 Å². The van der Waals surface area contributed by atoms with Crippen molar-refractivity contribution in [1.29, 1.82) is 10.5 Å². The molecule has 0 aliphatic carbocycles. The minimum Gasteiger partial charge on any atom is -0.384 e. The average molecular weight is 254 g/mol. The van der Waals surface area contributed by atoms with E-state index in [1.54, 1.807) is 0 Å². The molecule has 0 aliphatic heterocycles. The van der Waals surface area contributed by atoms with Gasteiger partial charge in [-0.15, -0.1) is 0 Å². The molecule has 1 amide bonds. The number of nitriles is 2. The fraction of sp³-hybridized carbons (Fsp3) is 0.231. The molecule has 0 saturated carbocycles. The van der Waals surface area contributed by atoms with Crippen LogP contribution in [0.4, 0.5) is 0 Å². The lowest BCUT2D eigenvalue weighted by Gasteiger charge is -2.16. The highest BCUT2D eigenvalue weighted by Crippen LogP contribution is 2.09. The fourth-order valence-electron chi connectivity index (χ4n) is 1.36. The van der Waals surface area contributed by atoms with Crippen molar-refractivity contribution in [2.75, 3.05) is 19.7 Å². The van der Waals surface area contributed by atoms with Crippen molar-refractivity contribution in [3.05, 3.63) is 29.6 Å². The Morgan fingerprint density at radius 3 is 2.63 bits per heavy atom. The summed E-state index contributed by atoms with van der Waals surface area (Å²) in [7, 11) is 0. The summed E-state index contributed by atoms with van der Waals surface area (Å²) >= 11 is 0. The first-order chi connectivity index (χ1) is 9.24. The van der Waals surface area contributed by atoms with E-state index in [1.165, 1.54) is 18.5 Å². The van der Waals surface area contributed by atoms with Gasteiger partial charge in [-0.05, 0) is 6.07 Å². The van der Waals surface area contributed by atoms with Crippen molar-refractivity contribution in [3.8, 4) is 24.0 Å². The first-order valence-electron chi connectivity index (χ1n) is 5.31. The third-order valence-corrected chi connectivity index (χ3v) is 2.16. The van der Waals surface area contributed by atoms with Gasteiger partial charge in [0.2, 0.25) is 0 Å². The zero-order chi connectivity index (χ0) is 14.1. The Labute approximate surface area is 110 Å². The van der Waals surface area contributed by atoms with Crippen LogP contribution in [-0.4, -0.2) is 40.6 Å². The first kappa shape index (κ1) is 14.2. The van der Waals surface area contributed by atoms with E-state index >= 15 is 0 Å². The number of amides is 1. The lowest BCUT2D eigenvalue weighted by atomic mass is 10.1. The maximum absolute atomic E-state index is 12.2. The van der Waals surface area contributed by atoms with Crippen molar-refractivity contribution in [2.45, 2.75) is 0 Å². The molecule has 1 N–H and O–H groups in total. The fourth-order valence-corrected chi connectivity index (χ4v) is 1.36. The molecule has 1 aromatic rings. The minimum atomic E-state index is -0.465. The summed E-state index contributed by atoms with van der Waals surface area (Å²) in [5.74, 6) is 4.57. The summed E-state index contributed by atoms with van der Waals surface area (Å²) in [6.45, 7) is -0.689. The molecule has 6 nitrogen and oxygen atoms in total. The molecule has 0 aromatic carbocycles. The average Bonchev–Trinajstić information content (AvgIpc) is 2.44. The molecule has 0 fully saturated rings. The van der Waals surface area contributed by atoms with Gasteiger partial charge >= 0.3 is 0 Å². The Morgan fingerprint density at radius 1 is 1.37 bits per heavy atom. The van der Waals surface area contributed by atoms with Crippen LogP contribution < -0.4 is 0 Å². The number of hydrogen-bond donors (Lipinski definition) is 1. The van der Waals surface area contributed by atoms with Crippen molar-refractivity contribution in [2.24, 2.45) is 0 Å². The van der Waals surface area contributed by atoms with Crippen molar-refractivity contribution in [3.63, 3.8) is 0 Å². The SMILES string of the molecule is N#CCN(CC#N)C(=O)c1ccncc1C#CCO. The van der Waals surface area contributed by atoms with Crippen LogP contribution in [-0.2, 0) is 0 Å². The van der Waals surface area contributed by atoms with Gasteiger partial charge < -0.3 is 10.0 Å². The number of carbonyl (C=O) groups excluding carboxylic acids is 1. The second-order valence-electron chi connectivity index (χ2n) is 3.36. The molecule has 6 heteroatoms. The third-order valence-electron chi connectivity index (χ3n) is 2.16. The Kier molecular flexibility index (Phi) is 5.56. The van der Waals surface area contributed by atoms with E-state index in [2.05, 4.69) is 16.8 Å². The predicted molar refractivity (Wildman–Crippen MR) is 65.3 cm³/mol. The summed E-state index contributed by atoms with van der Waals surface area (Å²) < 4.78 is 0. The molecule has 0 atom stereocenters. The van der Waals surface area contributed by atoms with E-state index in [1.807, 2.05) is 12.1 Å². The monoisotopic (exact) mass is 254 g/mol. The maximum atomic E-state index is 12.2. The molecular formula is C13H10N4O2. The normalized spacial score (nSPS) is 8.58. The first-order valence-corrected chi connectivity index (χ1v) is 5.31. The molecule has 19 heavy (non-hydrogen) atoms. The number of rotatable bonds is 3. The third kappa shape index (κ3) is 3.81. The number of carbonyl (C=O) groups is 1. The molecule has 94 valence electrons. The molecule has 0 spiro atoms. The van der Waals surface area contributed by atoms with Gasteiger partial charge in [-0.3, -0.25) is 9.78 Å². The molecular weight excluding hydrogens is 244 g/mol. The summed E-state index contributed by atoms with van der Waals surface area (Å²) in [6.07, 6.45) is 2.82. The van der Waals surface area contributed by atoms with Crippen LogP contribution in [0.5, 0.6) is 0 Å². The summed E-state index contributed by atoms with van der Waals surface area (Å²) in [5.41, 5.74) is 0.601. The number of nitrogens with zero attached hydrogens (tertiary/aromatic N) is 4. The van der Waals surface area contributed by atoms with Gasteiger partial charge in [-0.2, -0.15) is 10.5 Å².